The van der Waals surface area contributed by atoms with Crippen molar-refractivity contribution < 1.29 is 17.9 Å². The van der Waals surface area contributed by atoms with Gasteiger partial charge in [-0.2, -0.15) is 0 Å². The first kappa shape index (κ1) is 16.1. The number of hydrogen-bond acceptors (Lipinski definition) is 4. The van der Waals surface area contributed by atoms with Crippen LogP contribution in [0.2, 0.25) is 0 Å². The predicted molar refractivity (Wildman–Crippen MR) is 83.2 cm³/mol. The van der Waals surface area contributed by atoms with Gasteiger partial charge < -0.3 is 15.4 Å². The van der Waals surface area contributed by atoms with Crippen LogP contribution < -0.4 is 15.4 Å². The Morgan fingerprint density at radius 2 is 2.14 bits per heavy atom. The molecule has 1 unspecified atom stereocenters. The molecule has 1 atom stereocenters. The third-order valence-corrected chi connectivity index (χ3v) is 5.47. The van der Waals surface area contributed by atoms with Crippen LogP contribution in [0.25, 0.3) is 0 Å². The van der Waals surface area contributed by atoms with E-state index in [1.54, 1.807) is 0 Å². The van der Waals surface area contributed by atoms with Gasteiger partial charge in [0.05, 0.1) is 22.5 Å². The number of amides is 2. The fourth-order valence-corrected chi connectivity index (χ4v) is 4.11. The maximum atomic E-state index is 11.6. The summed E-state index contributed by atoms with van der Waals surface area (Å²) in [5.41, 5.74) is 0. The van der Waals surface area contributed by atoms with Gasteiger partial charge in [-0.3, -0.25) is 0 Å². The number of halogens is 1. The van der Waals surface area contributed by atoms with Crippen LogP contribution in [0.15, 0.2) is 28.7 Å². The van der Waals surface area contributed by atoms with Gasteiger partial charge in [0.25, 0.3) is 0 Å². The van der Waals surface area contributed by atoms with Crippen molar-refractivity contribution in [3.05, 3.63) is 28.7 Å². The number of carbonyl (C=O) groups is 1. The van der Waals surface area contributed by atoms with E-state index in [-0.39, 0.29) is 23.6 Å². The molecule has 6 nitrogen and oxygen atoms in total. The second kappa shape index (κ2) is 7.13. The highest BCUT2D eigenvalue weighted by molar-refractivity contribution is 9.10. The molecule has 0 aromatic heterocycles. The standard InChI is InChI=1S/C13H17BrN2O4S/c14-11-3-1-2-4-12(11)20-7-6-15-13(17)16-10-5-8-21(18,19)9-10/h1-4,10H,5-9H2,(H2,15,16,17). The van der Waals surface area contributed by atoms with Gasteiger partial charge in [-0.15, -0.1) is 0 Å². The Morgan fingerprint density at radius 3 is 2.81 bits per heavy atom. The molecule has 1 aliphatic rings. The number of ether oxygens (including phenoxy) is 1. The lowest BCUT2D eigenvalue weighted by molar-refractivity contribution is 0.233. The molecule has 2 N–H and O–H groups in total. The topological polar surface area (TPSA) is 84.5 Å². The lowest BCUT2D eigenvalue weighted by Crippen LogP contribution is -2.43. The molecule has 8 heteroatoms. The first-order chi connectivity index (χ1) is 9.96. The van der Waals surface area contributed by atoms with Gasteiger partial charge in [0.2, 0.25) is 0 Å². The van der Waals surface area contributed by atoms with Crippen molar-refractivity contribution in [3.63, 3.8) is 0 Å². The normalized spacial score (nSPS) is 20.0. The van der Waals surface area contributed by atoms with E-state index in [0.29, 0.717) is 25.3 Å². The minimum absolute atomic E-state index is 0.0217. The molecule has 0 bridgehead atoms. The first-order valence-electron chi connectivity index (χ1n) is 6.58. The van der Waals surface area contributed by atoms with Gasteiger partial charge >= 0.3 is 6.03 Å². The fraction of sp³-hybridized carbons (Fsp3) is 0.462. The second-order valence-corrected chi connectivity index (χ2v) is 7.86. The zero-order chi connectivity index (χ0) is 15.3. The maximum absolute atomic E-state index is 11.6. The Labute approximate surface area is 132 Å². The van der Waals surface area contributed by atoms with Gasteiger partial charge in [-0.05, 0) is 34.5 Å². The third kappa shape index (κ3) is 5.20. The van der Waals surface area contributed by atoms with Crippen LogP contribution in [0.1, 0.15) is 6.42 Å². The van der Waals surface area contributed by atoms with Gasteiger partial charge in [-0.1, -0.05) is 12.1 Å². The SMILES string of the molecule is O=C(NCCOc1ccccc1Br)NC1CCS(=O)(=O)C1. The summed E-state index contributed by atoms with van der Waals surface area (Å²) in [6, 6.07) is 6.79. The Hall–Kier alpha value is -1.28. The van der Waals surface area contributed by atoms with Gasteiger partial charge in [-0.25, -0.2) is 13.2 Å². The summed E-state index contributed by atoms with van der Waals surface area (Å²) in [4.78, 5) is 11.6. The molecule has 2 rings (SSSR count). The van der Waals surface area contributed by atoms with Crippen molar-refractivity contribution in [1.29, 1.82) is 0 Å². The number of urea groups is 1. The average Bonchev–Trinajstić information content (AvgIpc) is 2.76. The highest BCUT2D eigenvalue weighted by Crippen LogP contribution is 2.23. The molecular formula is C13H17BrN2O4S. The molecule has 0 radical (unpaired) electrons. The molecule has 0 aliphatic carbocycles. The molecule has 21 heavy (non-hydrogen) atoms. The highest BCUT2D eigenvalue weighted by Gasteiger charge is 2.28. The van der Waals surface area contributed by atoms with Gasteiger partial charge in [0.15, 0.2) is 9.84 Å². The highest BCUT2D eigenvalue weighted by atomic mass is 79.9. The van der Waals surface area contributed by atoms with Crippen molar-refractivity contribution >= 4 is 31.8 Å². The van der Waals surface area contributed by atoms with Crippen molar-refractivity contribution in [2.24, 2.45) is 0 Å². The molecule has 1 heterocycles. The van der Waals surface area contributed by atoms with Gasteiger partial charge in [0.1, 0.15) is 12.4 Å². The zero-order valence-electron chi connectivity index (χ0n) is 11.3. The monoisotopic (exact) mass is 376 g/mol. The lowest BCUT2D eigenvalue weighted by atomic mass is 10.3. The van der Waals surface area contributed by atoms with Crippen LogP contribution in [-0.2, 0) is 9.84 Å². The van der Waals surface area contributed by atoms with Crippen LogP contribution in [0.3, 0.4) is 0 Å². The summed E-state index contributed by atoms with van der Waals surface area (Å²) in [5, 5.41) is 5.29. The van der Waals surface area contributed by atoms with E-state index in [0.717, 1.165) is 4.47 Å². The molecule has 1 aliphatic heterocycles. The number of para-hydroxylation sites is 1. The minimum Gasteiger partial charge on any atom is -0.491 e. The number of rotatable bonds is 5. The second-order valence-electron chi connectivity index (χ2n) is 4.78. The Bertz CT molecular complexity index is 606. The predicted octanol–water partition coefficient (Wildman–Crippen LogP) is 1.31. The summed E-state index contributed by atoms with van der Waals surface area (Å²) < 4.78 is 28.9. The zero-order valence-corrected chi connectivity index (χ0v) is 13.7. The lowest BCUT2D eigenvalue weighted by Gasteiger charge is -2.12. The minimum atomic E-state index is -2.98. The van der Waals surface area contributed by atoms with E-state index in [1.165, 1.54) is 0 Å². The van der Waals surface area contributed by atoms with E-state index >= 15 is 0 Å². The van der Waals surface area contributed by atoms with E-state index < -0.39 is 9.84 Å². The molecule has 2 amide bonds. The summed E-state index contributed by atoms with van der Waals surface area (Å²) in [5.74, 6) is 0.873. The van der Waals surface area contributed by atoms with E-state index in [9.17, 15) is 13.2 Å². The van der Waals surface area contributed by atoms with Crippen LogP contribution in [0.4, 0.5) is 4.79 Å². The third-order valence-electron chi connectivity index (χ3n) is 3.05. The van der Waals surface area contributed by atoms with Crippen molar-refractivity contribution in [1.82, 2.24) is 10.6 Å². The van der Waals surface area contributed by atoms with Crippen molar-refractivity contribution in [2.45, 2.75) is 12.5 Å². The molecule has 1 fully saturated rings. The summed E-state index contributed by atoms with van der Waals surface area (Å²) in [7, 11) is -2.98. The summed E-state index contributed by atoms with van der Waals surface area (Å²) >= 11 is 3.36. The van der Waals surface area contributed by atoms with Crippen LogP contribution in [-0.4, -0.2) is 45.1 Å². The molecule has 0 spiro atoms. The molecule has 116 valence electrons. The molecule has 1 aromatic carbocycles. The van der Waals surface area contributed by atoms with Crippen LogP contribution in [0, 0.1) is 0 Å². The quantitative estimate of drug-likeness (QED) is 0.758. The number of nitrogens with one attached hydrogen (secondary N) is 2. The number of sulfone groups is 1. The van der Waals surface area contributed by atoms with Crippen molar-refractivity contribution in [3.8, 4) is 5.75 Å². The Kier molecular flexibility index (Phi) is 5.46. The van der Waals surface area contributed by atoms with E-state index in [4.69, 9.17) is 4.74 Å². The fourth-order valence-electron chi connectivity index (χ4n) is 2.03. The molecule has 1 aromatic rings. The molecule has 0 saturated carbocycles. The van der Waals surface area contributed by atoms with E-state index in [2.05, 4.69) is 26.6 Å². The van der Waals surface area contributed by atoms with Crippen molar-refractivity contribution in [2.75, 3.05) is 24.7 Å². The molecule has 1 saturated heterocycles. The largest absolute Gasteiger partial charge is 0.491 e. The molecular weight excluding hydrogens is 360 g/mol. The average molecular weight is 377 g/mol. The smallest absolute Gasteiger partial charge is 0.315 e. The Morgan fingerprint density at radius 1 is 1.38 bits per heavy atom. The Balaban J connectivity index is 1.65. The summed E-state index contributed by atoms with van der Waals surface area (Å²) in [6.07, 6.45) is 0.475. The maximum Gasteiger partial charge on any atom is 0.315 e. The first-order valence-corrected chi connectivity index (χ1v) is 9.20. The number of carbonyl (C=O) groups excluding carboxylic acids is 1. The van der Waals surface area contributed by atoms with Crippen LogP contribution in [0.5, 0.6) is 5.75 Å². The van der Waals surface area contributed by atoms with E-state index in [1.807, 2.05) is 24.3 Å². The summed E-state index contributed by atoms with van der Waals surface area (Å²) in [6.45, 7) is 0.672. The number of hydrogen-bond donors (Lipinski definition) is 2. The van der Waals surface area contributed by atoms with Gasteiger partial charge in [0, 0.05) is 6.04 Å². The van der Waals surface area contributed by atoms with Crippen LogP contribution >= 0.6 is 15.9 Å². The number of benzene rings is 1.